The maximum atomic E-state index is 12.0. The van der Waals surface area contributed by atoms with Gasteiger partial charge < -0.3 is 5.32 Å². The van der Waals surface area contributed by atoms with Crippen molar-refractivity contribution >= 4 is 51.7 Å². The lowest BCUT2D eigenvalue weighted by Gasteiger charge is -2.31. The number of hydrogen-bond acceptors (Lipinski definition) is 2. The smallest absolute Gasteiger partial charge is 0.249 e. The summed E-state index contributed by atoms with van der Waals surface area (Å²) in [7, 11) is 0. The first-order valence-corrected chi connectivity index (χ1v) is 6.50. The van der Waals surface area contributed by atoms with Gasteiger partial charge in [0.2, 0.25) is 11.8 Å². The molecule has 0 bridgehead atoms. The van der Waals surface area contributed by atoms with Crippen molar-refractivity contribution in [1.82, 2.24) is 5.32 Å². The standard InChI is InChI=1S/C11H10ClIN2O2/c1-6-11(17)15(5-10(16)14-6)9-4-7(13)2-3-8(9)12/h2-4,6H,5H2,1H3,(H,14,16). The van der Waals surface area contributed by atoms with E-state index in [1.807, 2.05) is 6.07 Å². The third-order valence-corrected chi connectivity index (χ3v) is 3.51. The Kier molecular flexibility index (Phi) is 3.58. The second-order valence-electron chi connectivity index (χ2n) is 3.81. The van der Waals surface area contributed by atoms with Crippen molar-refractivity contribution in [1.29, 1.82) is 0 Å². The van der Waals surface area contributed by atoms with E-state index in [9.17, 15) is 9.59 Å². The minimum absolute atomic E-state index is 0.0169. The highest BCUT2D eigenvalue weighted by Gasteiger charge is 2.31. The summed E-state index contributed by atoms with van der Waals surface area (Å²) >= 11 is 8.20. The van der Waals surface area contributed by atoms with Crippen LogP contribution in [-0.2, 0) is 9.59 Å². The van der Waals surface area contributed by atoms with Crippen molar-refractivity contribution in [2.24, 2.45) is 0 Å². The van der Waals surface area contributed by atoms with E-state index in [2.05, 4.69) is 27.9 Å². The molecule has 1 aliphatic heterocycles. The van der Waals surface area contributed by atoms with E-state index in [4.69, 9.17) is 11.6 Å². The number of halogens is 2. The number of nitrogens with zero attached hydrogens (tertiary/aromatic N) is 1. The molecular formula is C11H10ClIN2O2. The first kappa shape index (κ1) is 12.6. The molecule has 1 saturated heterocycles. The summed E-state index contributed by atoms with van der Waals surface area (Å²) in [5.74, 6) is -0.319. The molecule has 1 aromatic carbocycles. The topological polar surface area (TPSA) is 49.4 Å². The normalized spacial score (nSPS) is 20.4. The van der Waals surface area contributed by atoms with Crippen LogP contribution in [0.3, 0.4) is 0 Å². The van der Waals surface area contributed by atoms with Gasteiger partial charge in [0.15, 0.2) is 0 Å². The molecule has 1 N–H and O–H groups in total. The molecule has 6 heteroatoms. The largest absolute Gasteiger partial charge is 0.343 e. The van der Waals surface area contributed by atoms with Crippen LogP contribution in [0.1, 0.15) is 6.92 Å². The predicted octanol–water partition coefficient (Wildman–Crippen LogP) is 1.80. The Bertz CT molecular complexity index is 492. The maximum Gasteiger partial charge on any atom is 0.249 e. The van der Waals surface area contributed by atoms with Crippen LogP contribution in [0.25, 0.3) is 0 Å². The fourth-order valence-corrected chi connectivity index (χ4v) is 2.40. The van der Waals surface area contributed by atoms with E-state index in [-0.39, 0.29) is 18.4 Å². The lowest BCUT2D eigenvalue weighted by Crippen LogP contribution is -2.57. The van der Waals surface area contributed by atoms with E-state index in [0.717, 1.165) is 3.57 Å². The molecule has 17 heavy (non-hydrogen) atoms. The molecule has 2 amide bonds. The first-order chi connectivity index (χ1) is 7.99. The molecular weight excluding hydrogens is 354 g/mol. The molecule has 1 aromatic rings. The van der Waals surface area contributed by atoms with E-state index in [0.29, 0.717) is 10.7 Å². The molecule has 0 spiro atoms. The molecule has 1 fully saturated rings. The van der Waals surface area contributed by atoms with Gasteiger partial charge in [-0.15, -0.1) is 0 Å². The lowest BCUT2D eigenvalue weighted by atomic mass is 10.2. The highest BCUT2D eigenvalue weighted by molar-refractivity contribution is 14.1. The lowest BCUT2D eigenvalue weighted by molar-refractivity contribution is -0.130. The van der Waals surface area contributed by atoms with Gasteiger partial charge in [-0.3, -0.25) is 14.5 Å². The maximum absolute atomic E-state index is 12.0. The summed E-state index contributed by atoms with van der Waals surface area (Å²) in [6.45, 7) is 1.68. The number of rotatable bonds is 1. The second-order valence-corrected chi connectivity index (χ2v) is 5.46. The Morgan fingerprint density at radius 3 is 2.88 bits per heavy atom. The van der Waals surface area contributed by atoms with Gasteiger partial charge in [-0.1, -0.05) is 11.6 Å². The van der Waals surface area contributed by atoms with Crippen molar-refractivity contribution in [2.75, 3.05) is 11.4 Å². The van der Waals surface area contributed by atoms with E-state index in [1.54, 1.807) is 19.1 Å². The minimum atomic E-state index is -0.509. The van der Waals surface area contributed by atoms with Crippen LogP contribution >= 0.6 is 34.2 Å². The highest BCUT2D eigenvalue weighted by Crippen LogP contribution is 2.28. The summed E-state index contributed by atoms with van der Waals surface area (Å²) in [4.78, 5) is 24.9. The fourth-order valence-electron chi connectivity index (χ4n) is 1.70. The molecule has 0 aliphatic carbocycles. The number of anilines is 1. The summed E-state index contributed by atoms with van der Waals surface area (Å²) < 4.78 is 0.966. The zero-order valence-corrected chi connectivity index (χ0v) is 11.9. The Hall–Kier alpha value is -0.820. The van der Waals surface area contributed by atoms with Crippen LogP contribution in [0.4, 0.5) is 5.69 Å². The van der Waals surface area contributed by atoms with Gasteiger partial charge in [0.1, 0.15) is 12.6 Å². The number of amides is 2. The van der Waals surface area contributed by atoms with Crippen LogP contribution in [0.15, 0.2) is 18.2 Å². The van der Waals surface area contributed by atoms with Gasteiger partial charge in [0.05, 0.1) is 10.7 Å². The number of piperazine rings is 1. The predicted molar refractivity (Wildman–Crippen MR) is 74.1 cm³/mol. The average molecular weight is 365 g/mol. The summed E-state index contributed by atoms with van der Waals surface area (Å²) in [5, 5.41) is 3.06. The van der Waals surface area contributed by atoms with Gasteiger partial charge >= 0.3 is 0 Å². The van der Waals surface area contributed by atoms with Crippen LogP contribution in [0, 0.1) is 3.57 Å². The molecule has 0 saturated carbocycles. The Morgan fingerprint density at radius 2 is 2.18 bits per heavy atom. The Labute approximate surface area is 117 Å². The molecule has 1 aliphatic rings. The van der Waals surface area contributed by atoms with Crippen LogP contribution < -0.4 is 10.2 Å². The van der Waals surface area contributed by atoms with E-state index >= 15 is 0 Å². The van der Waals surface area contributed by atoms with Crippen molar-refractivity contribution in [3.63, 3.8) is 0 Å². The highest BCUT2D eigenvalue weighted by atomic mass is 127. The Morgan fingerprint density at radius 1 is 1.47 bits per heavy atom. The van der Waals surface area contributed by atoms with E-state index < -0.39 is 6.04 Å². The molecule has 1 atom stereocenters. The Balaban J connectivity index is 2.41. The fraction of sp³-hybridized carbons (Fsp3) is 0.273. The molecule has 1 unspecified atom stereocenters. The molecule has 0 radical (unpaired) electrons. The number of benzene rings is 1. The molecule has 90 valence electrons. The quantitative estimate of drug-likeness (QED) is 0.773. The monoisotopic (exact) mass is 364 g/mol. The van der Waals surface area contributed by atoms with Gasteiger partial charge in [-0.25, -0.2) is 0 Å². The van der Waals surface area contributed by atoms with Crippen molar-refractivity contribution in [3.05, 3.63) is 26.8 Å². The zero-order valence-electron chi connectivity index (χ0n) is 9.04. The summed E-state index contributed by atoms with van der Waals surface area (Å²) in [6.07, 6.45) is 0. The molecule has 1 heterocycles. The molecule has 0 aromatic heterocycles. The third-order valence-electron chi connectivity index (χ3n) is 2.51. The summed E-state index contributed by atoms with van der Waals surface area (Å²) in [6, 6.07) is 4.87. The van der Waals surface area contributed by atoms with Crippen molar-refractivity contribution in [3.8, 4) is 0 Å². The van der Waals surface area contributed by atoms with Gasteiger partial charge in [0.25, 0.3) is 0 Å². The number of carbonyl (C=O) groups is 2. The van der Waals surface area contributed by atoms with Crippen LogP contribution in [-0.4, -0.2) is 24.4 Å². The van der Waals surface area contributed by atoms with Gasteiger partial charge in [-0.05, 0) is 47.7 Å². The number of nitrogens with one attached hydrogen (secondary N) is 1. The first-order valence-electron chi connectivity index (χ1n) is 5.05. The van der Waals surface area contributed by atoms with Gasteiger partial charge in [0, 0.05) is 3.57 Å². The summed E-state index contributed by atoms with van der Waals surface area (Å²) in [5.41, 5.74) is 0.588. The minimum Gasteiger partial charge on any atom is -0.343 e. The van der Waals surface area contributed by atoms with E-state index in [1.165, 1.54) is 4.90 Å². The van der Waals surface area contributed by atoms with Crippen molar-refractivity contribution < 1.29 is 9.59 Å². The molecule has 4 nitrogen and oxygen atoms in total. The third kappa shape index (κ3) is 2.55. The SMILES string of the molecule is CC1NC(=O)CN(c2cc(I)ccc2Cl)C1=O. The average Bonchev–Trinajstić information content (AvgIpc) is 2.27. The number of carbonyl (C=O) groups excluding carboxylic acids is 2. The number of hydrogen-bond donors (Lipinski definition) is 1. The van der Waals surface area contributed by atoms with Crippen LogP contribution in [0.5, 0.6) is 0 Å². The van der Waals surface area contributed by atoms with Gasteiger partial charge in [-0.2, -0.15) is 0 Å². The van der Waals surface area contributed by atoms with Crippen LogP contribution in [0.2, 0.25) is 5.02 Å². The zero-order chi connectivity index (χ0) is 12.6. The van der Waals surface area contributed by atoms with Crippen molar-refractivity contribution in [2.45, 2.75) is 13.0 Å². The second kappa shape index (κ2) is 4.81. The molecule has 2 rings (SSSR count).